The maximum atomic E-state index is 13.0. The van der Waals surface area contributed by atoms with Crippen molar-refractivity contribution in [3.63, 3.8) is 0 Å². The Balaban J connectivity index is 1.50. The largest absolute Gasteiger partial charge is 0.381 e. The lowest BCUT2D eigenvalue weighted by Gasteiger charge is -2.45. The zero-order chi connectivity index (χ0) is 18.1. The third-order valence-electron chi connectivity index (χ3n) is 6.14. The highest BCUT2D eigenvalue weighted by atomic mass is 16.5. The Morgan fingerprint density at radius 2 is 1.96 bits per heavy atom. The van der Waals surface area contributed by atoms with Crippen LogP contribution in [-0.2, 0) is 16.1 Å². The van der Waals surface area contributed by atoms with E-state index in [0.717, 1.165) is 77.3 Å². The molecule has 8 heteroatoms. The minimum atomic E-state index is -0.0172. The second-order valence-corrected chi connectivity index (χ2v) is 8.26. The Morgan fingerprint density at radius 3 is 2.65 bits per heavy atom. The summed E-state index contributed by atoms with van der Waals surface area (Å²) in [5.74, 6) is 1.55. The lowest BCUT2D eigenvalue weighted by Crippen LogP contribution is -2.55. The molecule has 3 aliphatic rings. The highest BCUT2D eigenvalue weighted by Crippen LogP contribution is 2.39. The molecule has 3 fully saturated rings. The van der Waals surface area contributed by atoms with Crippen molar-refractivity contribution in [1.29, 1.82) is 0 Å². The lowest BCUT2D eigenvalue weighted by atomic mass is 9.84. The van der Waals surface area contributed by atoms with Gasteiger partial charge < -0.3 is 9.64 Å². The number of amides is 1. The van der Waals surface area contributed by atoms with Gasteiger partial charge in [0.1, 0.15) is 0 Å². The third kappa shape index (κ3) is 3.49. The Hall–Kier alpha value is -1.54. The first-order valence-electron chi connectivity index (χ1n) is 9.97. The average Bonchev–Trinajstić information content (AvgIpc) is 3.40. The van der Waals surface area contributed by atoms with Crippen LogP contribution in [0.15, 0.2) is 0 Å². The van der Waals surface area contributed by atoms with Gasteiger partial charge in [0, 0.05) is 44.3 Å². The Morgan fingerprint density at radius 1 is 1.19 bits per heavy atom. The number of nitrogens with zero attached hydrogens (tertiary/aromatic N) is 6. The van der Waals surface area contributed by atoms with Gasteiger partial charge in [0.25, 0.3) is 0 Å². The van der Waals surface area contributed by atoms with E-state index in [1.807, 2.05) is 4.68 Å². The molecule has 8 nitrogen and oxygen atoms in total. The quantitative estimate of drug-likeness (QED) is 0.802. The van der Waals surface area contributed by atoms with Crippen LogP contribution in [0.5, 0.6) is 0 Å². The molecule has 1 amide bonds. The van der Waals surface area contributed by atoms with Gasteiger partial charge >= 0.3 is 0 Å². The zero-order valence-corrected chi connectivity index (χ0v) is 15.9. The summed E-state index contributed by atoms with van der Waals surface area (Å²) in [5.41, 5.74) is -0.0172. The van der Waals surface area contributed by atoms with Crippen LogP contribution in [0, 0.1) is 5.92 Å². The fourth-order valence-electron chi connectivity index (χ4n) is 4.33. The summed E-state index contributed by atoms with van der Waals surface area (Å²) < 4.78 is 7.51. The first kappa shape index (κ1) is 17.9. The molecular formula is C18H30N6O2. The molecule has 0 atom stereocenters. The van der Waals surface area contributed by atoms with Gasteiger partial charge in [-0.15, -0.1) is 5.10 Å². The molecule has 2 saturated heterocycles. The van der Waals surface area contributed by atoms with Gasteiger partial charge in [-0.1, -0.05) is 0 Å². The van der Waals surface area contributed by atoms with E-state index in [0.29, 0.717) is 5.91 Å². The standard InChI is InChI=1S/C18H30N6O2/c1-14(2)24-16(19-20-21-24)13-22-8-5-18(6-11-26-12-7-18)23(10-9-22)17(25)15-3-4-15/h14-15H,3-13H2,1-2H3. The molecule has 1 aromatic heterocycles. The molecule has 0 radical (unpaired) electrons. The van der Waals surface area contributed by atoms with E-state index in [1.54, 1.807) is 0 Å². The summed E-state index contributed by atoms with van der Waals surface area (Å²) in [6, 6.07) is 0.252. The third-order valence-corrected chi connectivity index (χ3v) is 6.14. The van der Waals surface area contributed by atoms with Crippen molar-refractivity contribution in [2.75, 3.05) is 32.8 Å². The highest BCUT2D eigenvalue weighted by Gasteiger charge is 2.46. The Labute approximate surface area is 154 Å². The van der Waals surface area contributed by atoms with E-state index < -0.39 is 0 Å². The van der Waals surface area contributed by atoms with Gasteiger partial charge in [0.05, 0.1) is 12.6 Å². The van der Waals surface area contributed by atoms with Crippen LogP contribution in [0.1, 0.15) is 57.8 Å². The summed E-state index contributed by atoms with van der Waals surface area (Å²) in [6.07, 6.45) is 5.06. The van der Waals surface area contributed by atoms with Crippen LogP contribution in [0.4, 0.5) is 0 Å². The Kier molecular flexibility index (Phi) is 4.96. The lowest BCUT2D eigenvalue weighted by molar-refractivity contribution is -0.143. The second-order valence-electron chi connectivity index (χ2n) is 8.26. The summed E-state index contributed by atoms with van der Waals surface area (Å²) in [7, 11) is 0. The predicted molar refractivity (Wildman–Crippen MR) is 95.3 cm³/mol. The van der Waals surface area contributed by atoms with Crippen molar-refractivity contribution in [1.82, 2.24) is 30.0 Å². The van der Waals surface area contributed by atoms with Gasteiger partial charge in [-0.25, -0.2) is 4.68 Å². The SMILES string of the molecule is CC(C)n1nnnc1CN1CCN(C(=O)C2CC2)C2(CCOCC2)CC1. The van der Waals surface area contributed by atoms with Gasteiger partial charge in [-0.05, 0) is 56.4 Å². The van der Waals surface area contributed by atoms with E-state index in [2.05, 4.69) is 39.2 Å². The monoisotopic (exact) mass is 362 g/mol. The molecule has 1 aliphatic carbocycles. The number of carbonyl (C=O) groups is 1. The van der Waals surface area contributed by atoms with Crippen LogP contribution in [-0.4, -0.2) is 74.3 Å². The van der Waals surface area contributed by atoms with Crippen molar-refractivity contribution in [3.8, 4) is 0 Å². The average molecular weight is 362 g/mol. The maximum Gasteiger partial charge on any atom is 0.226 e. The number of aromatic nitrogens is 4. The van der Waals surface area contributed by atoms with E-state index in [-0.39, 0.29) is 17.5 Å². The highest BCUT2D eigenvalue weighted by molar-refractivity contribution is 5.82. The molecular weight excluding hydrogens is 332 g/mol. The molecule has 144 valence electrons. The van der Waals surface area contributed by atoms with Gasteiger partial charge in [-0.2, -0.15) is 0 Å². The van der Waals surface area contributed by atoms with Crippen molar-refractivity contribution < 1.29 is 9.53 Å². The van der Waals surface area contributed by atoms with Crippen LogP contribution in [0.2, 0.25) is 0 Å². The van der Waals surface area contributed by atoms with Gasteiger partial charge in [0.2, 0.25) is 5.91 Å². The van der Waals surface area contributed by atoms with Crippen LogP contribution in [0.25, 0.3) is 0 Å². The fourth-order valence-corrected chi connectivity index (χ4v) is 4.33. The first-order chi connectivity index (χ1) is 12.6. The zero-order valence-electron chi connectivity index (χ0n) is 15.9. The number of ether oxygens (including phenoxy) is 1. The second kappa shape index (κ2) is 7.23. The van der Waals surface area contributed by atoms with Crippen molar-refractivity contribution >= 4 is 5.91 Å². The van der Waals surface area contributed by atoms with E-state index in [4.69, 9.17) is 4.74 Å². The van der Waals surface area contributed by atoms with Gasteiger partial charge in [0.15, 0.2) is 5.82 Å². The van der Waals surface area contributed by atoms with Crippen molar-refractivity contribution in [2.45, 2.75) is 64.1 Å². The summed E-state index contributed by atoms with van der Waals surface area (Å²) >= 11 is 0. The molecule has 26 heavy (non-hydrogen) atoms. The Bertz CT molecular complexity index is 635. The molecule has 4 rings (SSSR count). The fraction of sp³-hybridized carbons (Fsp3) is 0.889. The van der Waals surface area contributed by atoms with Crippen molar-refractivity contribution in [2.24, 2.45) is 5.92 Å². The number of rotatable bonds is 4. The first-order valence-corrected chi connectivity index (χ1v) is 9.97. The van der Waals surface area contributed by atoms with Crippen LogP contribution < -0.4 is 0 Å². The topological polar surface area (TPSA) is 76.4 Å². The molecule has 0 N–H and O–H groups in total. The molecule has 0 unspecified atom stereocenters. The smallest absolute Gasteiger partial charge is 0.226 e. The number of hydrogen-bond acceptors (Lipinski definition) is 6. The summed E-state index contributed by atoms with van der Waals surface area (Å²) in [4.78, 5) is 17.6. The van der Waals surface area contributed by atoms with Crippen LogP contribution >= 0.6 is 0 Å². The van der Waals surface area contributed by atoms with E-state index in [9.17, 15) is 4.79 Å². The molecule has 1 saturated carbocycles. The minimum Gasteiger partial charge on any atom is -0.381 e. The van der Waals surface area contributed by atoms with Crippen molar-refractivity contribution in [3.05, 3.63) is 5.82 Å². The van der Waals surface area contributed by atoms with E-state index in [1.165, 1.54) is 0 Å². The number of carbonyl (C=O) groups excluding carboxylic acids is 1. The summed E-state index contributed by atoms with van der Waals surface area (Å²) in [6.45, 7) is 9.11. The number of tetrazole rings is 1. The maximum absolute atomic E-state index is 13.0. The predicted octanol–water partition coefficient (Wildman–Crippen LogP) is 1.25. The molecule has 0 bridgehead atoms. The summed E-state index contributed by atoms with van der Waals surface area (Å²) in [5, 5.41) is 12.2. The molecule has 2 aliphatic heterocycles. The molecule has 1 spiro atoms. The molecule has 1 aromatic rings. The minimum absolute atomic E-state index is 0.0172. The van der Waals surface area contributed by atoms with E-state index >= 15 is 0 Å². The normalized spacial score (nSPS) is 24.2. The van der Waals surface area contributed by atoms with Gasteiger partial charge in [-0.3, -0.25) is 9.69 Å². The van der Waals surface area contributed by atoms with Crippen LogP contribution in [0.3, 0.4) is 0 Å². The molecule has 3 heterocycles. The number of hydrogen-bond donors (Lipinski definition) is 0. The molecule has 0 aromatic carbocycles.